The largest absolute Gasteiger partial charge is 0.434 e. The Morgan fingerprint density at radius 3 is 2.84 bits per heavy atom. The number of rotatable bonds is 4. The third-order valence-corrected chi connectivity index (χ3v) is 2.74. The second-order valence-corrected chi connectivity index (χ2v) is 4.32. The van der Waals surface area contributed by atoms with Gasteiger partial charge in [0.25, 0.3) is 0 Å². The summed E-state index contributed by atoms with van der Waals surface area (Å²) >= 11 is 3.16. The maximum atomic E-state index is 12.3. The third kappa shape index (κ3) is 2.87. The average Bonchev–Trinajstić information content (AvgIpc) is 2.79. The predicted molar refractivity (Wildman–Crippen MR) is 65.0 cm³/mol. The van der Waals surface area contributed by atoms with Gasteiger partial charge >= 0.3 is 12.3 Å². The zero-order chi connectivity index (χ0) is 14.0. The van der Waals surface area contributed by atoms with E-state index < -0.39 is 11.5 Å². The Bertz CT molecular complexity index is 618. The first-order chi connectivity index (χ1) is 8.99. The van der Waals surface area contributed by atoms with Crippen LogP contribution >= 0.6 is 15.9 Å². The number of ether oxygens (including phenoxy) is 1. The molecule has 0 saturated carbocycles. The molecule has 1 N–H and O–H groups in total. The summed E-state index contributed by atoms with van der Waals surface area (Å²) in [6.07, 6.45) is 1.00. The van der Waals surface area contributed by atoms with E-state index in [-0.39, 0.29) is 22.7 Å². The molecule has 100 valence electrons. The molecule has 0 unspecified atom stereocenters. The molecule has 0 bridgehead atoms. The maximum absolute atomic E-state index is 12.3. The molecule has 1 aromatic heterocycles. The number of H-pyrrole nitrogens is 1. The van der Waals surface area contributed by atoms with E-state index >= 15 is 0 Å². The molecule has 1 heterocycles. The zero-order valence-electron chi connectivity index (χ0n) is 9.14. The molecule has 0 fully saturated rings. The monoisotopic (exact) mass is 333 g/mol. The van der Waals surface area contributed by atoms with Gasteiger partial charge in [0, 0.05) is 4.47 Å². The fourth-order valence-corrected chi connectivity index (χ4v) is 1.87. The van der Waals surface area contributed by atoms with Crippen LogP contribution < -0.4 is 4.74 Å². The van der Waals surface area contributed by atoms with Crippen molar-refractivity contribution in [2.24, 2.45) is 0 Å². The van der Waals surface area contributed by atoms with Crippen LogP contribution in [0, 0.1) is 10.1 Å². The van der Waals surface area contributed by atoms with E-state index in [0.29, 0.717) is 4.47 Å². The predicted octanol–water partition coefficient (Wildman–Crippen LogP) is 3.35. The Hall–Kier alpha value is -2.03. The second kappa shape index (κ2) is 5.31. The number of nitro groups is 1. The van der Waals surface area contributed by atoms with Crippen molar-refractivity contribution in [3.63, 3.8) is 0 Å². The minimum Gasteiger partial charge on any atom is -0.434 e. The normalized spacial score (nSPS) is 10.7. The van der Waals surface area contributed by atoms with E-state index in [9.17, 15) is 18.9 Å². The van der Waals surface area contributed by atoms with E-state index in [0.717, 1.165) is 6.20 Å². The van der Waals surface area contributed by atoms with E-state index in [1.807, 2.05) is 0 Å². The average molecular weight is 334 g/mol. The van der Waals surface area contributed by atoms with Gasteiger partial charge in [0.2, 0.25) is 0 Å². The number of benzene rings is 1. The molecule has 2 aromatic rings. The van der Waals surface area contributed by atoms with Gasteiger partial charge in [-0.25, -0.2) is 0 Å². The van der Waals surface area contributed by atoms with Crippen molar-refractivity contribution < 1.29 is 18.4 Å². The molecular formula is C10H6BrF2N3O3. The van der Waals surface area contributed by atoms with Gasteiger partial charge in [-0.2, -0.15) is 13.9 Å². The van der Waals surface area contributed by atoms with Gasteiger partial charge in [-0.1, -0.05) is 15.9 Å². The quantitative estimate of drug-likeness (QED) is 0.687. The molecule has 6 nitrogen and oxygen atoms in total. The first-order valence-corrected chi connectivity index (χ1v) is 5.71. The lowest BCUT2D eigenvalue weighted by atomic mass is 10.1. The van der Waals surface area contributed by atoms with Gasteiger partial charge in [0.1, 0.15) is 17.6 Å². The van der Waals surface area contributed by atoms with Crippen LogP contribution in [0.5, 0.6) is 5.75 Å². The van der Waals surface area contributed by atoms with Gasteiger partial charge in [-0.05, 0) is 18.2 Å². The minimum atomic E-state index is -3.03. The van der Waals surface area contributed by atoms with Crippen LogP contribution in [0.15, 0.2) is 28.9 Å². The number of nitrogens with one attached hydrogen (secondary N) is 1. The summed E-state index contributed by atoms with van der Waals surface area (Å²) in [6, 6.07) is 4.21. The molecule has 0 aliphatic rings. The molecule has 0 saturated heterocycles. The Labute approximate surface area is 113 Å². The summed E-state index contributed by atoms with van der Waals surface area (Å²) in [5, 5.41) is 16.8. The maximum Gasteiger partial charge on any atom is 0.387 e. The summed E-state index contributed by atoms with van der Waals surface area (Å²) in [4.78, 5) is 10.2. The van der Waals surface area contributed by atoms with Crippen molar-refractivity contribution in [1.82, 2.24) is 10.2 Å². The molecular weight excluding hydrogens is 328 g/mol. The van der Waals surface area contributed by atoms with Crippen LogP contribution in [0.1, 0.15) is 0 Å². The van der Waals surface area contributed by atoms with E-state index in [4.69, 9.17) is 0 Å². The molecule has 0 aliphatic heterocycles. The minimum absolute atomic E-state index is 0.00181. The van der Waals surface area contributed by atoms with Crippen LogP contribution in [0.4, 0.5) is 14.5 Å². The van der Waals surface area contributed by atoms with E-state index in [2.05, 4.69) is 30.9 Å². The second-order valence-electron chi connectivity index (χ2n) is 3.41. The molecule has 19 heavy (non-hydrogen) atoms. The fraction of sp³-hybridized carbons (Fsp3) is 0.100. The van der Waals surface area contributed by atoms with Crippen LogP contribution in [-0.4, -0.2) is 21.7 Å². The number of hydrogen-bond acceptors (Lipinski definition) is 4. The first kappa shape index (κ1) is 13.4. The summed E-state index contributed by atoms with van der Waals surface area (Å²) in [5.74, 6) is -0.175. The van der Waals surface area contributed by atoms with Crippen molar-refractivity contribution >= 4 is 21.6 Å². The van der Waals surface area contributed by atoms with Crippen LogP contribution in [0.25, 0.3) is 11.3 Å². The van der Waals surface area contributed by atoms with Crippen molar-refractivity contribution in [1.29, 1.82) is 0 Å². The van der Waals surface area contributed by atoms with Gasteiger partial charge in [-0.15, -0.1) is 0 Å². The molecule has 0 amide bonds. The summed E-state index contributed by atoms with van der Waals surface area (Å²) < 4.78 is 29.5. The van der Waals surface area contributed by atoms with Crippen LogP contribution in [0.3, 0.4) is 0 Å². The van der Waals surface area contributed by atoms with Gasteiger partial charge < -0.3 is 4.74 Å². The fourth-order valence-electron chi connectivity index (χ4n) is 1.51. The highest BCUT2D eigenvalue weighted by molar-refractivity contribution is 9.10. The number of hydrogen-bond donors (Lipinski definition) is 1. The topological polar surface area (TPSA) is 81.0 Å². The highest BCUT2D eigenvalue weighted by Crippen LogP contribution is 2.36. The molecule has 9 heteroatoms. The van der Waals surface area contributed by atoms with Crippen molar-refractivity contribution in [2.45, 2.75) is 6.61 Å². The number of alkyl halides is 2. The van der Waals surface area contributed by atoms with E-state index in [1.165, 1.54) is 18.2 Å². The molecule has 0 atom stereocenters. The first-order valence-electron chi connectivity index (χ1n) is 4.91. The van der Waals surface area contributed by atoms with Crippen molar-refractivity contribution in [3.05, 3.63) is 39.0 Å². The van der Waals surface area contributed by atoms with E-state index in [1.54, 1.807) is 0 Å². The summed E-state index contributed by atoms with van der Waals surface area (Å²) in [6.45, 7) is -3.03. The van der Waals surface area contributed by atoms with Crippen LogP contribution in [0.2, 0.25) is 0 Å². The SMILES string of the molecule is O=[N+]([O-])c1cn[nH]c1-c1cc(Br)ccc1OC(F)F. The number of aromatic amines is 1. The van der Waals surface area contributed by atoms with Crippen molar-refractivity contribution in [2.75, 3.05) is 0 Å². The number of aromatic nitrogens is 2. The lowest BCUT2D eigenvalue weighted by Gasteiger charge is -2.09. The lowest BCUT2D eigenvalue weighted by Crippen LogP contribution is -2.03. The molecule has 2 rings (SSSR count). The Balaban J connectivity index is 2.56. The molecule has 0 radical (unpaired) electrons. The third-order valence-electron chi connectivity index (χ3n) is 2.24. The molecule has 0 aliphatic carbocycles. The van der Waals surface area contributed by atoms with Crippen LogP contribution in [-0.2, 0) is 0 Å². The highest BCUT2D eigenvalue weighted by atomic mass is 79.9. The van der Waals surface area contributed by atoms with Gasteiger partial charge in [0.05, 0.1) is 10.5 Å². The Morgan fingerprint density at radius 1 is 1.47 bits per heavy atom. The van der Waals surface area contributed by atoms with Gasteiger partial charge in [0.15, 0.2) is 0 Å². The Kier molecular flexibility index (Phi) is 3.74. The molecule has 0 spiro atoms. The standard InChI is InChI=1S/C10H6BrF2N3O3/c11-5-1-2-8(19-10(12)13)6(3-5)9-7(16(17)18)4-14-15-9/h1-4,10H,(H,14,15). The number of nitrogens with zero attached hydrogens (tertiary/aromatic N) is 2. The summed E-state index contributed by atoms with van der Waals surface area (Å²) in [7, 11) is 0. The lowest BCUT2D eigenvalue weighted by molar-refractivity contribution is -0.384. The summed E-state index contributed by atoms with van der Waals surface area (Å²) in [5.41, 5.74) is -0.196. The Morgan fingerprint density at radius 2 is 2.21 bits per heavy atom. The van der Waals surface area contributed by atoms with Gasteiger partial charge in [-0.3, -0.25) is 15.2 Å². The highest BCUT2D eigenvalue weighted by Gasteiger charge is 2.22. The number of halogens is 3. The zero-order valence-corrected chi connectivity index (χ0v) is 10.7. The molecule has 1 aromatic carbocycles. The van der Waals surface area contributed by atoms with Crippen molar-refractivity contribution in [3.8, 4) is 17.0 Å². The smallest absolute Gasteiger partial charge is 0.387 e.